The van der Waals surface area contributed by atoms with Gasteiger partial charge in [-0.3, -0.25) is 0 Å². The molecule has 1 rings (SSSR count). The molecule has 0 aromatic heterocycles. The second kappa shape index (κ2) is 6.99. The topological polar surface area (TPSA) is 47.3 Å². The molecule has 1 aromatic rings. The van der Waals surface area contributed by atoms with E-state index in [0.717, 1.165) is 18.7 Å². The highest BCUT2D eigenvalue weighted by Crippen LogP contribution is 2.27. The van der Waals surface area contributed by atoms with E-state index in [4.69, 9.17) is 10.5 Å². The lowest BCUT2D eigenvalue weighted by molar-refractivity contribution is 0.387. The van der Waals surface area contributed by atoms with E-state index in [9.17, 15) is 4.39 Å². The minimum atomic E-state index is -0.429. The number of unbranched alkanes of at least 4 members (excludes halogenated alkanes) is 3. The maximum absolute atomic E-state index is 13.3. The Hall–Kier alpha value is -1.45. The van der Waals surface area contributed by atoms with Gasteiger partial charge in [-0.05, 0) is 6.42 Å². The number of nitrogens with one attached hydrogen (secondary N) is 1. The first kappa shape index (κ1) is 13.6. The number of ether oxygens (including phenoxy) is 1. The van der Waals surface area contributed by atoms with Crippen molar-refractivity contribution in [2.75, 3.05) is 24.7 Å². The van der Waals surface area contributed by atoms with E-state index in [2.05, 4.69) is 12.2 Å². The summed E-state index contributed by atoms with van der Waals surface area (Å²) < 4.78 is 18.2. The van der Waals surface area contributed by atoms with E-state index in [-0.39, 0.29) is 5.75 Å². The van der Waals surface area contributed by atoms with Crippen LogP contribution in [0.3, 0.4) is 0 Å². The molecule has 1 aromatic carbocycles. The Kier molecular flexibility index (Phi) is 5.60. The van der Waals surface area contributed by atoms with Gasteiger partial charge in [-0.15, -0.1) is 0 Å². The molecule has 0 saturated carbocycles. The summed E-state index contributed by atoms with van der Waals surface area (Å²) >= 11 is 0. The number of nitrogens with two attached hydrogens (primary N) is 1. The second-order valence-electron chi connectivity index (χ2n) is 4.06. The molecule has 0 amide bonds. The van der Waals surface area contributed by atoms with Crippen molar-refractivity contribution in [2.45, 2.75) is 32.6 Å². The van der Waals surface area contributed by atoms with Crippen LogP contribution in [0.4, 0.5) is 15.8 Å². The highest BCUT2D eigenvalue weighted by molar-refractivity contribution is 5.68. The maximum Gasteiger partial charge on any atom is 0.167 e. The summed E-state index contributed by atoms with van der Waals surface area (Å²) in [6.45, 7) is 3.02. The van der Waals surface area contributed by atoms with Crippen LogP contribution in [0.25, 0.3) is 0 Å². The van der Waals surface area contributed by atoms with Crippen molar-refractivity contribution in [3.05, 3.63) is 17.9 Å². The minimum absolute atomic E-state index is 0.218. The third-order valence-electron chi connectivity index (χ3n) is 2.67. The fourth-order valence-electron chi connectivity index (χ4n) is 1.65. The predicted molar refractivity (Wildman–Crippen MR) is 70.0 cm³/mol. The third kappa shape index (κ3) is 4.13. The molecule has 0 aliphatic heterocycles. The lowest BCUT2D eigenvalue weighted by Gasteiger charge is -2.11. The molecule has 0 unspecified atom stereocenters. The van der Waals surface area contributed by atoms with Crippen LogP contribution in [0.2, 0.25) is 0 Å². The molecule has 0 atom stereocenters. The quantitative estimate of drug-likeness (QED) is 0.567. The molecule has 0 saturated heterocycles. The van der Waals surface area contributed by atoms with Crippen LogP contribution >= 0.6 is 0 Å². The minimum Gasteiger partial charge on any atom is -0.494 e. The van der Waals surface area contributed by atoms with Gasteiger partial charge in [-0.1, -0.05) is 26.2 Å². The Labute approximate surface area is 102 Å². The zero-order valence-electron chi connectivity index (χ0n) is 10.6. The van der Waals surface area contributed by atoms with Gasteiger partial charge in [0.25, 0.3) is 0 Å². The standard InChI is InChI=1S/C13H21FN2O/c1-3-4-5-6-7-16-12-9-13(17-2)10(14)8-11(12)15/h8-9,16H,3-7,15H2,1-2H3. The fourth-order valence-corrected chi connectivity index (χ4v) is 1.65. The first-order chi connectivity index (χ1) is 8.19. The normalized spacial score (nSPS) is 10.3. The van der Waals surface area contributed by atoms with Crippen molar-refractivity contribution < 1.29 is 9.13 Å². The Morgan fingerprint density at radius 1 is 1.29 bits per heavy atom. The van der Waals surface area contributed by atoms with E-state index < -0.39 is 5.82 Å². The average Bonchev–Trinajstić information content (AvgIpc) is 2.31. The number of halogens is 1. The highest BCUT2D eigenvalue weighted by atomic mass is 19.1. The second-order valence-corrected chi connectivity index (χ2v) is 4.06. The van der Waals surface area contributed by atoms with Gasteiger partial charge in [0, 0.05) is 18.7 Å². The Morgan fingerprint density at radius 3 is 2.71 bits per heavy atom. The van der Waals surface area contributed by atoms with Gasteiger partial charge in [0.1, 0.15) is 0 Å². The maximum atomic E-state index is 13.3. The highest BCUT2D eigenvalue weighted by Gasteiger charge is 2.07. The van der Waals surface area contributed by atoms with Gasteiger partial charge >= 0.3 is 0 Å². The van der Waals surface area contributed by atoms with Crippen LogP contribution in [-0.2, 0) is 0 Å². The molecular weight excluding hydrogens is 219 g/mol. The molecule has 0 aliphatic carbocycles. The first-order valence-electron chi connectivity index (χ1n) is 6.06. The molecule has 0 radical (unpaired) electrons. The molecule has 4 heteroatoms. The summed E-state index contributed by atoms with van der Waals surface area (Å²) in [7, 11) is 1.44. The number of rotatable bonds is 7. The molecular formula is C13H21FN2O. The van der Waals surface area contributed by atoms with Crippen molar-refractivity contribution >= 4 is 11.4 Å². The smallest absolute Gasteiger partial charge is 0.167 e. The van der Waals surface area contributed by atoms with Gasteiger partial charge in [0.15, 0.2) is 11.6 Å². The summed E-state index contributed by atoms with van der Waals surface area (Å²) in [6, 6.07) is 2.89. The largest absolute Gasteiger partial charge is 0.494 e. The van der Waals surface area contributed by atoms with E-state index in [1.165, 1.54) is 32.4 Å². The summed E-state index contributed by atoms with van der Waals surface area (Å²) in [5, 5.41) is 3.20. The van der Waals surface area contributed by atoms with Crippen molar-refractivity contribution in [2.24, 2.45) is 0 Å². The lowest BCUT2D eigenvalue weighted by Crippen LogP contribution is -2.05. The van der Waals surface area contributed by atoms with Crippen LogP contribution in [0, 0.1) is 5.82 Å². The number of benzene rings is 1. The molecule has 0 fully saturated rings. The van der Waals surface area contributed by atoms with Crippen LogP contribution in [0.15, 0.2) is 12.1 Å². The predicted octanol–water partition coefficient (Wildman–Crippen LogP) is 3.41. The lowest BCUT2D eigenvalue weighted by atomic mass is 10.2. The first-order valence-corrected chi connectivity index (χ1v) is 6.06. The Bertz CT molecular complexity index is 356. The number of nitrogen functional groups attached to an aromatic ring is 1. The van der Waals surface area contributed by atoms with E-state index in [1.807, 2.05) is 0 Å². The molecule has 3 N–H and O–H groups in total. The molecule has 0 spiro atoms. The van der Waals surface area contributed by atoms with Gasteiger partial charge in [-0.2, -0.15) is 0 Å². The van der Waals surface area contributed by atoms with Gasteiger partial charge in [-0.25, -0.2) is 4.39 Å². The number of methoxy groups -OCH3 is 1. The zero-order chi connectivity index (χ0) is 12.7. The molecule has 3 nitrogen and oxygen atoms in total. The number of anilines is 2. The van der Waals surface area contributed by atoms with E-state index in [1.54, 1.807) is 6.07 Å². The fraction of sp³-hybridized carbons (Fsp3) is 0.538. The zero-order valence-corrected chi connectivity index (χ0v) is 10.6. The van der Waals surface area contributed by atoms with Crippen LogP contribution in [-0.4, -0.2) is 13.7 Å². The SMILES string of the molecule is CCCCCCNc1cc(OC)c(F)cc1N. The molecule has 0 heterocycles. The van der Waals surface area contributed by atoms with Crippen molar-refractivity contribution in [3.63, 3.8) is 0 Å². The summed E-state index contributed by atoms with van der Waals surface area (Å²) in [5.41, 5.74) is 6.88. The van der Waals surface area contributed by atoms with E-state index >= 15 is 0 Å². The molecule has 17 heavy (non-hydrogen) atoms. The Balaban J connectivity index is 2.52. The van der Waals surface area contributed by atoms with E-state index in [0.29, 0.717) is 5.69 Å². The number of hydrogen-bond donors (Lipinski definition) is 2. The van der Waals surface area contributed by atoms with Crippen LogP contribution in [0.5, 0.6) is 5.75 Å². The van der Waals surface area contributed by atoms with Crippen molar-refractivity contribution in [1.29, 1.82) is 0 Å². The molecule has 96 valence electrons. The average molecular weight is 240 g/mol. The third-order valence-corrected chi connectivity index (χ3v) is 2.67. The van der Waals surface area contributed by atoms with Crippen LogP contribution < -0.4 is 15.8 Å². The summed E-state index contributed by atoms with van der Waals surface area (Å²) in [5.74, 6) is -0.211. The monoisotopic (exact) mass is 240 g/mol. The van der Waals surface area contributed by atoms with Gasteiger partial charge < -0.3 is 15.8 Å². The molecule has 0 bridgehead atoms. The Morgan fingerprint density at radius 2 is 2.06 bits per heavy atom. The number of hydrogen-bond acceptors (Lipinski definition) is 3. The van der Waals surface area contributed by atoms with Crippen molar-refractivity contribution in [3.8, 4) is 5.75 Å². The summed E-state index contributed by atoms with van der Waals surface area (Å²) in [6.07, 6.45) is 4.74. The van der Waals surface area contributed by atoms with Gasteiger partial charge in [0.2, 0.25) is 0 Å². The summed E-state index contributed by atoms with van der Waals surface area (Å²) in [4.78, 5) is 0. The molecule has 0 aliphatic rings. The van der Waals surface area contributed by atoms with Crippen LogP contribution in [0.1, 0.15) is 32.6 Å². The van der Waals surface area contributed by atoms with Gasteiger partial charge in [0.05, 0.1) is 18.5 Å². The van der Waals surface area contributed by atoms with Crippen molar-refractivity contribution in [1.82, 2.24) is 0 Å².